The summed E-state index contributed by atoms with van der Waals surface area (Å²) in [5, 5.41) is 9.89. The van der Waals surface area contributed by atoms with E-state index >= 15 is 0 Å². The van der Waals surface area contributed by atoms with Crippen LogP contribution in [0, 0.1) is 11.6 Å². The molecule has 0 unspecified atom stereocenters. The highest BCUT2D eigenvalue weighted by atomic mass is 35.5. The van der Waals surface area contributed by atoms with E-state index in [1.807, 2.05) is 0 Å². The molecule has 0 fully saturated rings. The zero-order chi connectivity index (χ0) is 25.7. The van der Waals surface area contributed by atoms with Crippen LogP contribution in [0.1, 0.15) is 36.7 Å². The first-order chi connectivity index (χ1) is 16.4. The van der Waals surface area contributed by atoms with Gasteiger partial charge < -0.3 is 9.84 Å². The summed E-state index contributed by atoms with van der Waals surface area (Å²) in [7, 11) is 0. The Labute approximate surface area is 202 Å². The Bertz CT molecular complexity index is 1390. The van der Waals surface area contributed by atoms with Crippen LogP contribution in [0.15, 0.2) is 35.7 Å². The lowest BCUT2D eigenvalue weighted by Gasteiger charge is -2.26. The summed E-state index contributed by atoms with van der Waals surface area (Å²) >= 11 is 6.30. The molecule has 0 atom stereocenters. The van der Waals surface area contributed by atoms with E-state index in [1.165, 1.54) is 5.38 Å². The third-order valence-electron chi connectivity index (χ3n) is 5.05. The van der Waals surface area contributed by atoms with Gasteiger partial charge in [0.25, 0.3) is 5.91 Å². The van der Waals surface area contributed by atoms with Gasteiger partial charge in [-0.25, -0.2) is 18.5 Å². The zero-order valence-corrected chi connectivity index (χ0v) is 18.7. The second-order valence-corrected chi connectivity index (χ2v) is 8.60. The predicted octanol–water partition coefficient (Wildman–Crippen LogP) is 5.71. The molecule has 0 radical (unpaired) electrons. The summed E-state index contributed by atoms with van der Waals surface area (Å²) < 4.78 is 73.2. The number of amides is 2. The fraction of sp³-hybridized carbons (Fsp3) is 0.136. The molecule has 1 N–H and O–H groups in total. The smallest absolute Gasteiger partial charge is 0.416 e. The number of thiophene rings is 1. The van der Waals surface area contributed by atoms with Gasteiger partial charge in [0.2, 0.25) is 5.91 Å². The maximum atomic E-state index is 14.6. The molecule has 4 rings (SSSR count). The van der Waals surface area contributed by atoms with Gasteiger partial charge in [0.1, 0.15) is 28.9 Å². The van der Waals surface area contributed by atoms with E-state index in [-0.39, 0.29) is 28.2 Å². The number of ether oxygens (including phenoxy) is 1. The third kappa shape index (κ3) is 4.58. The van der Waals surface area contributed by atoms with E-state index < -0.39 is 64.0 Å². The number of carboxylic acids is 1. The summed E-state index contributed by atoms with van der Waals surface area (Å²) in [6.07, 6.45) is -5.15. The highest BCUT2D eigenvalue weighted by molar-refractivity contribution is 7.12. The number of nitrogens with zero attached hydrogens (tertiary/aromatic N) is 1. The number of carbonyl (C=O) groups is 3. The first-order valence-electron chi connectivity index (χ1n) is 9.57. The van der Waals surface area contributed by atoms with E-state index in [0.29, 0.717) is 17.0 Å². The highest BCUT2D eigenvalue weighted by Crippen LogP contribution is 2.36. The molecule has 1 aromatic heterocycles. The van der Waals surface area contributed by atoms with E-state index in [1.54, 1.807) is 0 Å². The minimum Gasteiger partial charge on any atom is -0.489 e. The van der Waals surface area contributed by atoms with Crippen LogP contribution in [-0.2, 0) is 24.0 Å². The maximum absolute atomic E-state index is 14.6. The monoisotopic (exact) mass is 531 g/mol. The van der Waals surface area contributed by atoms with Crippen molar-refractivity contribution in [3.63, 3.8) is 0 Å². The fourth-order valence-electron chi connectivity index (χ4n) is 3.46. The first-order valence-corrected chi connectivity index (χ1v) is 10.8. The highest BCUT2D eigenvalue weighted by Gasteiger charge is 2.38. The molecule has 182 valence electrons. The Morgan fingerprint density at radius 2 is 1.89 bits per heavy atom. The van der Waals surface area contributed by atoms with Gasteiger partial charge in [0, 0.05) is 11.6 Å². The van der Waals surface area contributed by atoms with E-state index in [4.69, 9.17) is 16.3 Å². The van der Waals surface area contributed by atoms with Crippen LogP contribution < -0.4 is 9.64 Å². The second-order valence-electron chi connectivity index (χ2n) is 7.31. The number of alkyl halides is 3. The molecule has 3 aromatic rings. The molecule has 13 heteroatoms. The van der Waals surface area contributed by atoms with Gasteiger partial charge >= 0.3 is 12.1 Å². The summed E-state index contributed by atoms with van der Waals surface area (Å²) in [5.41, 5.74) is -2.34. The number of anilines is 1. The molecule has 35 heavy (non-hydrogen) atoms. The topological polar surface area (TPSA) is 83.9 Å². The van der Waals surface area contributed by atoms with E-state index in [9.17, 15) is 41.4 Å². The molecule has 0 saturated heterocycles. The number of rotatable bonds is 5. The molecular weight excluding hydrogens is 521 g/mol. The molecule has 0 aliphatic carbocycles. The molecule has 0 spiro atoms. The number of imide groups is 1. The SMILES string of the molecule is O=C(O)c1scc2c1C(=O)N(c1cc(OCc3cc(C(F)(F)F)cc(Cl)c3F)ccc1F)C(=O)C2. The Morgan fingerprint density at radius 3 is 2.54 bits per heavy atom. The van der Waals surface area contributed by atoms with Gasteiger partial charge in [-0.1, -0.05) is 11.6 Å². The van der Waals surface area contributed by atoms with Crippen molar-refractivity contribution in [2.75, 3.05) is 4.90 Å². The number of hydrogen-bond acceptors (Lipinski definition) is 5. The summed E-state index contributed by atoms with van der Waals surface area (Å²) in [6.45, 7) is -0.736. The van der Waals surface area contributed by atoms with Crippen molar-refractivity contribution in [2.45, 2.75) is 19.2 Å². The average molecular weight is 532 g/mol. The lowest BCUT2D eigenvalue weighted by Crippen LogP contribution is -2.43. The Hall–Kier alpha value is -3.51. The minimum atomic E-state index is -4.79. The van der Waals surface area contributed by atoms with Crippen LogP contribution >= 0.6 is 22.9 Å². The Balaban J connectivity index is 1.65. The zero-order valence-electron chi connectivity index (χ0n) is 17.1. The van der Waals surface area contributed by atoms with E-state index in [0.717, 1.165) is 29.5 Å². The molecule has 6 nitrogen and oxygen atoms in total. The lowest BCUT2D eigenvalue weighted by atomic mass is 10.0. The maximum Gasteiger partial charge on any atom is 0.416 e. The van der Waals surface area contributed by atoms with Crippen molar-refractivity contribution in [3.05, 3.63) is 79.5 Å². The van der Waals surface area contributed by atoms with Crippen molar-refractivity contribution in [3.8, 4) is 5.75 Å². The van der Waals surface area contributed by atoms with Gasteiger partial charge in [-0.3, -0.25) is 9.59 Å². The Kier molecular flexibility index (Phi) is 6.28. The average Bonchev–Trinajstić information content (AvgIpc) is 3.20. The first kappa shape index (κ1) is 24.6. The number of halogens is 6. The largest absolute Gasteiger partial charge is 0.489 e. The molecule has 2 aromatic carbocycles. The molecule has 0 saturated carbocycles. The molecule has 2 amide bonds. The van der Waals surface area contributed by atoms with Gasteiger partial charge in [0.05, 0.1) is 28.3 Å². The predicted molar refractivity (Wildman–Crippen MR) is 114 cm³/mol. The van der Waals surface area contributed by atoms with Crippen LogP contribution in [0.4, 0.5) is 27.6 Å². The molecule has 0 bridgehead atoms. The number of benzene rings is 2. The van der Waals surface area contributed by atoms with Crippen LogP contribution in [0.3, 0.4) is 0 Å². The molecule has 1 aliphatic rings. The summed E-state index contributed by atoms with van der Waals surface area (Å²) in [5.74, 6) is -5.65. The number of hydrogen-bond donors (Lipinski definition) is 1. The second kappa shape index (κ2) is 8.93. The summed E-state index contributed by atoms with van der Waals surface area (Å²) in [4.78, 5) is 37.1. The standard InChI is InChI=1S/C22H11ClF5NO5S/c23-13-5-11(22(26,27)28)3-9(18(13)25)7-34-12-1-2-14(24)15(6-12)29-16(30)4-10-8-35-19(21(32)33)17(10)20(29)31/h1-3,5-6,8H,4,7H2,(H,32,33). The Morgan fingerprint density at radius 1 is 1.17 bits per heavy atom. The van der Waals surface area contributed by atoms with Crippen molar-refractivity contribution < 1.29 is 46.2 Å². The number of carboxylic acid groups (broad SMARTS) is 1. The fourth-order valence-corrected chi connectivity index (χ4v) is 4.59. The van der Waals surface area contributed by atoms with Gasteiger partial charge in [-0.05, 0) is 35.2 Å². The van der Waals surface area contributed by atoms with Crippen LogP contribution in [0.25, 0.3) is 0 Å². The minimum absolute atomic E-state index is 0.198. The number of aromatic carboxylic acids is 1. The van der Waals surface area contributed by atoms with Crippen molar-refractivity contribution in [1.29, 1.82) is 0 Å². The van der Waals surface area contributed by atoms with E-state index in [2.05, 4.69) is 0 Å². The van der Waals surface area contributed by atoms with Crippen LogP contribution in [-0.4, -0.2) is 22.9 Å². The number of fused-ring (bicyclic) bond motifs is 1. The number of carbonyl (C=O) groups excluding carboxylic acids is 2. The van der Waals surface area contributed by atoms with Crippen LogP contribution in [0.5, 0.6) is 5.75 Å². The normalized spacial score (nSPS) is 13.7. The third-order valence-corrected chi connectivity index (χ3v) is 6.35. The van der Waals surface area contributed by atoms with Crippen LogP contribution in [0.2, 0.25) is 5.02 Å². The quantitative estimate of drug-likeness (QED) is 0.337. The van der Waals surface area contributed by atoms with Gasteiger partial charge in [0.15, 0.2) is 0 Å². The molecule has 2 heterocycles. The van der Waals surface area contributed by atoms with Crippen molar-refractivity contribution in [2.24, 2.45) is 0 Å². The van der Waals surface area contributed by atoms with Crippen molar-refractivity contribution >= 4 is 46.4 Å². The van der Waals surface area contributed by atoms with Gasteiger partial charge in [-0.2, -0.15) is 13.2 Å². The van der Waals surface area contributed by atoms with Crippen molar-refractivity contribution in [1.82, 2.24) is 0 Å². The summed E-state index contributed by atoms with van der Waals surface area (Å²) in [6, 6.07) is 3.75. The molecular formula is C22H11ClF5NO5S. The molecule has 1 aliphatic heterocycles. The van der Waals surface area contributed by atoms with Gasteiger partial charge in [-0.15, -0.1) is 11.3 Å². The lowest BCUT2D eigenvalue weighted by molar-refractivity contribution is -0.137.